The molecule has 1 nitrogen and oxygen atoms in total. The number of rotatable bonds is 1. The lowest BCUT2D eigenvalue weighted by molar-refractivity contribution is -0.574. The van der Waals surface area contributed by atoms with Gasteiger partial charge in [0.05, 0.1) is 0 Å². The third kappa shape index (κ3) is 3.20. The van der Waals surface area contributed by atoms with Crippen LogP contribution in [-0.4, -0.2) is 0 Å². The highest BCUT2D eigenvalue weighted by atomic mass is 35.5. The highest BCUT2D eigenvalue weighted by Crippen LogP contribution is 2.16. The minimum Gasteiger partial charge on any atom is -1.00 e. The van der Waals surface area contributed by atoms with E-state index in [4.69, 9.17) is 34.8 Å². The van der Waals surface area contributed by atoms with Crippen LogP contribution >= 0.6 is 34.8 Å². The molecule has 0 N–H and O–H groups in total. The maximum absolute atomic E-state index is 5.72. The zero-order valence-corrected chi connectivity index (χ0v) is 8.87. The number of aromatic nitrogens is 1. The predicted molar refractivity (Wildman–Crippen MR) is 47.4 cm³/mol. The summed E-state index contributed by atoms with van der Waals surface area (Å²) in [4.78, 5) is 0. The first kappa shape index (κ1) is 12.0. The fourth-order valence-electron chi connectivity index (χ4n) is 0.627. The van der Waals surface area contributed by atoms with E-state index in [1.54, 1.807) is 17.0 Å². The Labute approximate surface area is 92.0 Å². The molecule has 0 aromatic carbocycles. The summed E-state index contributed by atoms with van der Waals surface area (Å²) < 4.78 is 1.68. The van der Waals surface area contributed by atoms with Crippen LogP contribution in [0, 0.1) is 0 Å². The number of hydrogen-bond donors (Lipinski definition) is 0. The summed E-state index contributed by atoms with van der Waals surface area (Å²) in [6.07, 6.45) is 3.51. The van der Waals surface area contributed by atoms with E-state index >= 15 is 0 Å². The second kappa shape index (κ2) is 5.65. The SMILES string of the molecule is ClC(Cl)=C(Cl)[n+]1ccccc1.[Cl-]. The maximum atomic E-state index is 5.72. The number of nitrogens with zero attached hydrogens (tertiary/aromatic N) is 1. The van der Waals surface area contributed by atoms with Gasteiger partial charge in [-0.1, -0.05) is 29.3 Å². The van der Waals surface area contributed by atoms with Gasteiger partial charge in [0, 0.05) is 12.1 Å². The Kier molecular flexibility index (Phi) is 5.68. The molecule has 0 fully saturated rings. The van der Waals surface area contributed by atoms with Crippen molar-refractivity contribution < 1.29 is 17.0 Å². The monoisotopic (exact) mass is 243 g/mol. The van der Waals surface area contributed by atoms with Crippen molar-refractivity contribution in [2.24, 2.45) is 0 Å². The first-order valence-corrected chi connectivity index (χ1v) is 4.02. The molecule has 0 bridgehead atoms. The Morgan fingerprint density at radius 3 is 1.83 bits per heavy atom. The lowest BCUT2D eigenvalue weighted by atomic mass is 10.5. The van der Waals surface area contributed by atoms with Gasteiger partial charge in [-0.15, -0.1) is 0 Å². The molecule has 0 aliphatic rings. The minimum absolute atomic E-state index is 0. The summed E-state index contributed by atoms with van der Waals surface area (Å²) in [7, 11) is 0. The topological polar surface area (TPSA) is 3.88 Å². The van der Waals surface area contributed by atoms with E-state index in [9.17, 15) is 0 Å². The molecule has 0 aliphatic carbocycles. The van der Waals surface area contributed by atoms with E-state index in [1.807, 2.05) is 18.2 Å². The lowest BCUT2D eigenvalue weighted by Crippen LogP contribution is -3.00. The summed E-state index contributed by atoms with van der Waals surface area (Å²) in [6, 6.07) is 5.54. The molecule has 0 atom stereocenters. The summed E-state index contributed by atoms with van der Waals surface area (Å²) in [5.74, 6) is 0. The van der Waals surface area contributed by atoms with Crippen LogP contribution < -0.4 is 17.0 Å². The van der Waals surface area contributed by atoms with Crippen LogP contribution in [0.2, 0.25) is 0 Å². The van der Waals surface area contributed by atoms with Crippen LogP contribution in [0.25, 0.3) is 5.16 Å². The van der Waals surface area contributed by atoms with Crippen LogP contribution in [-0.2, 0) is 0 Å². The first-order valence-electron chi connectivity index (χ1n) is 2.89. The van der Waals surface area contributed by atoms with Gasteiger partial charge < -0.3 is 12.4 Å². The zero-order chi connectivity index (χ0) is 8.27. The zero-order valence-electron chi connectivity index (χ0n) is 5.85. The van der Waals surface area contributed by atoms with Crippen LogP contribution in [0.4, 0.5) is 0 Å². The van der Waals surface area contributed by atoms with Crippen LogP contribution in [0.15, 0.2) is 35.1 Å². The molecule has 1 rings (SSSR count). The van der Waals surface area contributed by atoms with Crippen LogP contribution in [0.3, 0.4) is 0 Å². The predicted octanol–water partition coefficient (Wildman–Crippen LogP) is -0.222. The van der Waals surface area contributed by atoms with Crippen molar-refractivity contribution in [3.8, 4) is 0 Å². The van der Waals surface area contributed by atoms with Gasteiger partial charge in [0.15, 0.2) is 16.9 Å². The van der Waals surface area contributed by atoms with Crippen molar-refractivity contribution in [3.63, 3.8) is 0 Å². The van der Waals surface area contributed by atoms with Gasteiger partial charge in [-0.2, -0.15) is 4.57 Å². The number of hydrogen-bond acceptors (Lipinski definition) is 0. The standard InChI is InChI=1S/C7H5Cl3N.ClH/c8-6(9)7(10)11-4-2-1-3-5-11;/h1-5H;1H/q+1;/p-1. The van der Waals surface area contributed by atoms with E-state index in [-0.39, 0.29) is 16.9 Å². The van der Waals surface area contributed by atoms with Gasteiger partial charge in [-0.3, -0.25) is 0 Å². The second-order valence-corrected chi connectivity index (χ2v) is 3.14. The van der Waals surface area contributed by atoms with Gasteiger partial charge in [0.2, 0.25) is 0 Å². The Bertz CT molecular complexity index is 266. The van der Waals surface area contributed by atoms with Crippen LogP contribution in [0.1, 0.15) is 0 Å². The Hall–Kier alpha value is 0.0500. The van der Waals surface area contributed by atoms with Crippen molar-refractivity contribution in [2.75, 3.05) is 0 Å². The van der Waals surface area contributed by atoms with Crippen molar-refractivity contribution in [3.05, 3.63) is 35.1 Å². The number of pyridine rings is 1. The van der Waals surface area contributed by atoms with E-state index in [1.165, 1.54) is 0 Å². The van der Waals surface area contributed by atoms with E-state index in [2.05, 4.69) is 0 Å². The van der Waals surface area contributed by atoms with Gasteiger partial charge in [-0.25, -0.2) is 0 Å². The molecule has 0 aliphatic heterocycles. The Balaban J connectivity index is 0.00000121. The van der Waals surface area contributed by atoms with Crippen molar-refractivity contribution in [1.82, 2.24) is 0 Å². The molecular formula is C7H5Cl4N. The van der Waals surface area contributed by atoms with Gasteiger partial charge in [-0.05, 0) is 11.6 Å². The van der Waals surface area contributed by atoms with Crippen molar-refractivity contribution in [2.45, 2.75) is 0 Å². The lowest BCUT2D eigenvalue weighted by Gasteiger charge is -1.89. The molecule has 1 aromatic heterocycles. The van der Waals surface area contributed by atoms with Gasteiger partial charge >= 0.3 is 5.16 Å². The average Bonchev–Trinajstić information content (AvgIpc) is 2.05. The Morgan fingerprint density at radius 2 is 1.42 bits per heavy atom. The molecule has 0 saturated heterocycles. The van der Waals surface area contributed by atoms with Crippen molar-refractivity contribution >= 4 is 40.0 Å². The normalized spacial score (nSPS) is 8.58. The highest BCUT2D eigenvalue weighted by molar-refractivity contribution is 6.64. The van der Waals surface area contributed by atoms with E-state index in [0.29, 0.717) is 5.16 Å². The average molecular weight is 245 g/mol. The molecular weight excluding hydrogens is 240 g/mol. The van der Waals surface area contributed by atoms with E-state index < -0.39 is 0 Å². The van der Waals surface area contributed by atoms with Gasteiger partial charge in [0.25, 0.3) is 0 Å². The quantitative estimate of drug-likeness (QED) is 0.602. The molecule has 0 unspecified atom stereocenters. The van der Waals surface area contributed by atoms with Gasteiger partial charge in [0.1, 0.15) is 0 Å². The molecule has 12 heavy (non-hydrogen) atoms. The van der Waals surface area contributed by atoms with Crippen LogP contribution in [0.5, 0.6) is 0 Å². The number of halogens is 4. The molecule has 1 heterocycles. The minimum atomic E-state index is 0. The first-order chi connectivity index (χ1) is 5.22. The largest absolute Gasteiger partial charge is 1.00 e. The molecule has 0 amide bonds. The molecule has 0 saturated carbocycles. The summed E-state index contributed by atoms with van der Waals surface area (Å²) >= 11 is 16.6. The Morgan fingerprint density at radius 1 is 0.917 bits per heavy atom. The fraction of sp³-hybridized carbons (Fsp3) is 0. The molecule has 0 spiro atoms. The highest BCUT2D eigenvalue weighted by Gasteiger charge is 2.08. The maximum Gasteiger partial charge on any atom is 0.310 e. The summed E-state index contributed by atoms with van der Waals surface area (Å²) in [6.45, 7) is 0. The summed E-state index contributed by atoms with van der Waals surface area (Å²) in [5.41, 5.74) is 0. The molecule has 1 aromatic rings. The molecule has 0 radical (unpaired) electrons. The fourth-order valence-corrected chi connectivity index (χ4v) is 0.935. The third-order valence-electron chi connectivity index (χ3n) is 1.10. The third-order valence-corrected chi connectivity index (χ3v) is 2.03. The molecule has 5 heteroatoms. The molecule has 66 valence electrons. The van der Waals surface area contributed by atoms with Crippen molar-refractivity contribution in [1.29, 1.82) is 0 Å². The van der Waals surface area contributed by atoms with E-state index in [0.717, 1.165) is 0 Å². The summed E-state index contributed by atoms with van der Waals surface area (Å²) in [5, 5.41) is 0.300. The second-order valence-electron chi connectivity index (χ2n) is 1.83. The smallest absolute Gasteiger partial charge is 0.310 e.